The van der Waals surface area contributed by atoms with E-state index < -0.39 is 0 Å². The Balaban J connectivity index is 2.16. The molecule has 2 heterocycles. The molecule has 2 rings (SSSR count). The Kier molecular flexibility index (Phi) is 3.08. The first-order valence-electron chi connectivity index (χ1n) is 4.86. The van der Waals surface area contributed by atoms with Gasteiger partial charge in [-0.3, -0.25) is 0 Å². The Morgan fingerprint density at radius 3 is 3.13 bits per heavy atom. The van der Waals surface area contributed by atoms with Crippen LogP contribution in [0.2, 0.25) is 0 Å². The van der Waals surface area contributed by atoms with E-state index in [0.717, 1.165) is 35.3 Å². The number of fused-ring (bicyclic) bond motifs is 1. The van der Waals surface area contributed by atoms with Crippen molar-refractivity contribution < 1.29 is 0 Å². The summed E-state index contributed by atoms with van der Waals surface area (Å²) in [5.41, 5.74) is 0. The minimum atomic E-state index is 0.753. The molecule has 5 nitrogen and oxygen atoms in total. The maximum Gasteiger partial charge on any atom is 0.234 e. The second-order valence-corrected chi connectivity index (χ2v) is 4.12. The van der Waals surface area contributed by atoms with Crippen LogP contribution in [0.1, 0.15) is 17.8 Å². The standard InChI is InChI=1S/C9H13N5S/c1-3-5-10-6-8-13-14-7(4-2)11-12-9(14)15-8/h3,10H,1,4-6H2,2H3. The molecule has 0 atom stereocenters. The molecule has 0 fully saturated rings. The van der Waals surface area contributed by atoms with Crippen molar-refractivity contribution in [3.63, 3.8) is 0 Å². The van der Waals surface area contributed by atoms with Crippen LogP contribution in [0.15, 0.2) is 12.7 Å². The van der Waals surface area contributed by atoms with Crippen LogP contribution in [0.3, 0.4) is 0 Å². The molecule has 0 saturated carbocycles. The molecule has 0 bridgehead atoms. The van der Waals surface area contributed by atoms with E-state index in [2.05, 4.69) is 27.2 Å². The Morgan fingerprint density at radius 1 is 1.53 bits per heavy atom. The smallest absolute Gasteiger partial charge is 0.234 e. The lowest BCUT2D eigenvalue weighted by atomic mass is 10.5. The number of hydrogen-bond acceptors (Lipinski definition) is 5. The summed E-state index contributed by atoms with van der Waals surface area (Å²) in [7, 11) is 0. The highest BCUT2D eigenvalue weighted by Crippen LogP contribution is 2.13. The van der Waals surface area contributed by atoms with E-state index in [9.17, 15) is 0 Å². The molecule has 0 aromatic carbocycles. The van der Waals surface area contributed by atoms with Crippen molar-refractivity contribution in [1.82, 2.24) is 25.1 Å². The molecule has 0 aliphatic rings. The highest BCUT2D eigenvalue weighted by atomic mass is 32.1. The normalized spacial score (nSPS) is 11.0. The fourth-order valence-corrected chi connectivity index (χ4v) is 2.09. The highest BCUT2D eigenvalue weighted by Gasteiger charge is 2.09. The average Bonchev–Trinajstić information content (AvgIpc) is 2.77. The van der Waals surface area contributed by atoms with Gasteiger partial charge in [-0.1, -0.05) is 24.3 Å². The van der Waals surface area contributed by atoms with Crippen LogP contribution in [0.5, 0.6) is 0 Å². The van der Waals surface area contributed by atoms with E-state index in [1.54, 1.807) is 11.3 Å². The second kappa shape index (κ2) is 4.50. The molecule has 0 aliphatic heterocycles. The summed E-state index contributed by atoms with van der Waals surface area (Å²) >= 11 is 1.57. The number of aromatic nitrogens is 4. The van der Waals surface area contributed by atoms with Crippen molar-refractivity contribution in [2.75, 3.05) is 6.54 Å². The van der Waals surface area contributed by atoms with E-state index in [-0.39, 0.29) is 0 Å². The first-order chi connectivity index (χ1) is 7.35. The number of rotatable bonds is 5. The zero-order valence-corrected chi connectivity index (χ0v) is 9.42. The summed E-state index contributed by atoms with van der Waals surface area (Å²) in [4.78, 5) is 0.863. The van der Waals surface area contributed by atoms with Gasteiger partial charge in [0.1, 0.15) is 5.01 Å². The molecular weight excluding hydrogens is 210 g/mol. The lowest BCUT2D eigenvalue weighted by Crippen LogP contribution is -2.12. The Bertz CT molecular complexity index is 458. The summed E-state index contributed by atoms with van der Waals surface area (Å²) in [5.74, 6) is 0.913. The third kappa shape index (κ3) is 2.05. The molecule has 0 aliphatic carbocycles. The third-order valence-corrected chi connectivity index (χ3v) is 2.88. The highest BCUT2D eigenvalue weighted by molar-refractivity contribution is 7.16. The van der Waals surface area contributed by atoms with Crippen molar-refractivity contribution in [3.05, 3.63) is 23.5 Å². The molecule has 80 valence electrons. The molecule has 0 unspecified atom stereocenters. The largest absolute Gasteiger partial charge is 0.307 e. The summed E-state index contributed by atoms with van der Waals surface area (Å²) < 4.78 is 1.82. The van der Waals surface area contributed by atoms with E-state index in [4.69, 9.17) is 0 Å². The Morgan fingerprint density at radius 2 is 2.40 bits per heavy atom. The lowest BCUT2D eigenvalue weighted by molar-refractivity contribution is 0.726. The van der Waals surface area contributed by atoms with Gasteiger partial charge in [-0.25, -0.2) is 0 Å². The van der Waals surface area contributed by atoms with Gasteiger partial charge < -0.3 is 5.32 Å². The number of hydrogen-bond donors (Lipinski definition) is 1. The van der Waals surface area contributed by atoms with Crippen LogP contribution >= 0.6 is 11.3 Å². The van der Waals surface area contributed by atoms with Gasteiger partial charge in [0.25, 0.3) is 0 Å². The van der Waals surface area contributed by atoms with Gasteiger partial charge in [-0.05, 0) is 0 Å². The maximum absolute atomic E-state index is 4.43. The van der Waals surface area contributed by atoms with Crippen LogP contribution in [-0.4, -0.2) is 26.4 Å². The fraction of sp³-hybridized carbons (Fsp3) is 0.444. The summed E-state index contributed by atoms with van der Waals surface area (Å²) in [5, 5.41) is 16.8. The molecule has 0 saturated heterocycles. The fourth-order valence-electron chi connectivity index (χ4n) is 1.27. The van der Waals surface area contributed by atoms with Crippen LogP contribution in [0.4, 0.5) is 0 Å². The summed E-state index contributed by atoms with van der Waals surface area (Å²) in [6.07, 6.45) is 2.68. The van der Waals surface area contributed by atoms with Gasteiger partial charge >= 0.3 is 0 Å². The van der Waals surface area contributed by atoms with Gasteiger partial charge in [0.05, 0.1) is 0 Å². The first-order valence-corrected chi connectivity index (χ1v) is 5.68. The molecular formula is C9H13N5S. The average molecular weight is 223 g/mol. The molecule has 0 amide bonds. The molecule has 2 aromatic heterocycles. The number of nitrogens with one attached hydrogen (secondary N) is 1. The summed E-state index contributed by atoms with van der Waals surface area (Å²) in [6, 6.07) is 0. The molecule has 15 heavy (non-hydrogen) atoms. The van der Waals surface area contributed by atoms with Gasteiger partial charge in [-0.15, -0.1) is 16.8 Å². The first kappa shape index (κ1) is 10.3. The van der Waals surface area contributed by atoms with E-state index in [1.807, 2.05) is 17.5 Å². The monoisotopic (exact) mass is 223 g/mol. The van der Waals surface area contributed by atoms with E-state index in [0.29, 0.717) is 0 Å². The Hall–Kier alpha value is -1.27. The van der Waals surface area contributed by atoms with Crippen molar-refractivity contribution in [1.29, 1.82) is 0 Å². The predicted octanol–water partition coefficient (Wildman–Crippen LogP) is 1.02. The van der Waals surface area contributed by atoms with Crippen LogP contribution < -0.4 is 5.32 Å². The maximum atomic E-state index is 4.43. The topological polar surface area (TPSA) is 55.1 Å². The zero-order chi connectivity index (χ0) is 10.7. The van der Waals surface area contributed by atoms with Gasteiger partial charge in [-0.2, -0.15) is 9.61 Å². The minimum Gasteiger partial charge on any atom is -0.307 e. The van der Waals surface area contributed by atoms with Crippen molar-refractivity contribution >= 4 is 16.3 Å². The third-order valence-electron chi connectivity index (χ3n) is 1.98. The Labute approximate surface area is 91.8 Å². The predicted molar refractivity (Wildman–Crippen MR) is 59.9 cm³/mol. The second-order valence-electron chi connectivity index (χ2n) is 3.08. The van der Waals surface area contributed by atoms with Crippen LogP contribution in [-0.2, 0) is 13.0 Å². The van der Waals surface area contributed by atoms with Gasteiger partial charge in [0.15, 0.2) is 5.82 Å². The van der Waals surface area contributed by atoms with Gasteiger partial charge in [0, 0.05) is 19.5 Å². The molecule has 2 aromatic rings. The van der Waals surface area contributed by atoms with E-state index >= 15 is 0 Å². The summed E-state index contributed by atoms with van der Waals surface area (Å²) in [6.45, 7) is 7.24. The molecule has 0 radical (unpaired) electrons. The molecule has 1 N–H and O–H groups in total. The zero-order valence-electron chi connectivity index (χ0n) is 8.60. The van der Waals surface area contributed by atoms with Crippen molar-refractivity contribution in [2.24, 2.45) is 0 Å². The van der Waals surface area contributed by atoms with Crippen LogP contribution in [0, 0.1) is 0 Å². The number of nitrogens with zero attached hydrogens (tertiary/aromatic N) is 4. The van der Waals surface area contributed by atoms with Crippen molar-refractivity contribution in [2.45, 2.75) is 19.9 Å². The lowest BCUT2D eigenvalue weighted by Gasteiger charge is -1.95. The molecule has 6 heteroatoms. The van der Waals surface area contributed by atoms with E-state index in [1.165, 1.54) is 0 Å². The van der Waals surface area contributed by atoms with Crippen molar-refractivity contribution in [3.8, 4) is 0 Å². The minimum absolute atomic E-state index is 0.753. The van der Waals surface area contributed by atoms with Crippen LogP contribution in [0.25, 0.3) is 4.96 Å². The SMILES string of the molecule is C=CCNCc1nn2c(CC)nnc2s1. The van der Waals surface area contributed by atoms with Gasteiger partial charge in [0.2, 0.25) is 4.96 Å². The quantitative estimate of drug-likeness (QED) is 0.607. The molecule has 0 spiro atoms. The number of aryl methyl sites for hydroxylation is 1.